The van der Waals surface area contributed by atoms with E-state index in [-0.39, 0.29) is 22.2 Å². The second kappa shape index (κ2) is 9.83. The summed E-state index contributed by atoms with van der Waals surface area (Å²) in [5.74, 6) is -1.47. The number of carbonyl (C=O) groups is 1. The number of furan rings is 1. The zero-order chi connectivity index (χ0) is 24.3. The van der Waals surface area contributed by atoms with Gasteiger partial charge in [0.15, 0.2) is 15.6 Å². The topological polar surface area (TPSA) is 136 Å². The minimum Gasteiger partial charge on any atom is -0.400 e. The lowest BCUT2D eigenvalue weighted by molar-refractivity contribution is -0.402. The molecule has 2 aromatic heterocycles. The predicted octanol–water partition coefficient (Wildman–Crippen LogP) is 4.79. The molecule has 10 nitrogen and oxygen atoms in total. The van der Waals surface area contributed by atoms with Crippen LogP contribution in [0.25, 0.3) is 10.2 Å². The van der Waals surface area contributed by atoms with E-state index in [9.17, 15) is 23.3 Å². The molecule has 0 radical (unpaired) electrons. The lowest BCUT2D eigenvalue weighted by atomic mass is 10.3. The van der Waals surface area contributed by atoms with Crippen molar-refractivity contribution in [2.75, 3.05) is 10.8 Å². The van der Waals surface area contributed by atoms with Gasteiger partial charge in [0.2, 0.25) is 5.13 Å². The molecule has 0 aliphatic heterocycles. The van der Waals surface area contributed by atoms with Gasteiger partial charge in [0.25, 0.3) is 5.91 Å². The van der Waals surface area contributed by atoms with E-state index in [0.29, 0.717) is 5.52 Å². The number of thiazole rings is 1. The molecule has 0 saturated carbocycles. The van der Waals surface area contributed by atoms with Crippen molar-refractivity contribution in [3.8, 4) is 0 Å². The fourth-order valence-corrected chi connectivity index (χ4v) is 5.64. The highest BCUT2D eigenvalue weighted by Gasteiger charge is 2.23. The van der Waals surface area contributed by atoms with E-state index < -0.39 is 32.3 Å². The molecule has 0 aliphatic carbocycles. The number of amides is 1. The Kier molecular flexibility index (Phi) is 6.86. The number of benzene rings is 2. The van der Waals surface area contributed by atoms with Gasteiger partial charge in [-0.25, -0.2) is 13.4 Å². The van der Waals surface area contributed by atoms with Gasteiger partial charge >= 0.3 is 5.88 Å². The van der Waals surface area contributed by atoms with Crippen molar-refractivity contribution < 1.29 is 22.6 Å². The number of fused-ring (bicyclic) bond motifs is 1. The van der Waals surface area contributed by atoms with E-state index in [1.165, 1.54) is 29.5 Å². The number of hydrazone groups is 1. The number of sulfone groups is 1. The Morgan fingerprint density at radius 1 is 1.21 bits per heavy atom. The molecule has 34 heavy (non-hydrogen) atoms. The van der Waals surface area contributed by atoms with E-state index in [0.717, 1.165) is 26.5 Å². The summed E-state index contributed by atoms with van der Waals surface area (Å²) < 4.78 is 31.9. The number of hydrogen-bond donors (Lipinski definition) is 0. The minimum absolute atomic E-state index is 0.0465. The maximum absolute atomic E-state index is 13.1. The molecule has 0 bridgehead atoms. The lowest BCUT2D eigenvalue weighted by Gasteiger charge is -2.13. The maximum Gasteiger partial charge on any atom is 0.433 e. The zero-order valence-electron chi connectivity index (χ0n) is 17.2. The molecule has 0 fully saturated rings. The third kappa shape index (κ3) is 5.38. The quantitative estimate of drug-likeness (QED) is 0.171. The number of carbonyl (C=O) groups excluding carboxylic acids is 1. The first kappa shape index (κ1) is 23.7. The van der Waals surface area contributed by atoms with Crippen LogP contribution in [0.15, 0.2) is 79.6 Å². The molecule has 4 aromatic rings. The van der Waals surface area contributed by atoms with Crippen LogP contribution < -0.4 is 5.01 Å². The predicted molar refractivity (Wildman–Crippen MR) is 131 cm³/mol. The standard InChI is InChI=1S/C21H15BrN4O6S2/c22-14-6-8-17-18(12-14)33-21(24-17)25(23-13-15-7-9-20(32-15)26(28)29)19(27)10-11-34(30,31)16-4-2-1-3-5-16/h1-9,12-13H,10-11H2/b23-13+. The zero-order valence-corrected chi connectivity index (χ0v) is 20.4. The normalized spacial score (nSPS) is 11.8. The van der Waals surface area contributed by atoms with Gasteiger partial charge in [-0.1, -0.05) is 45.5 Å². The fourth-order valence-electron chi connectivity index (χ4n) is 2.89. The van der Waals surface area contributed by atoms with Crippen LogP contribution in [0.1, 0.15) is 12.2 Å². The van der Waals surface area contributed by atoms with Gasteiger partial charge in [-0.2, -0.15) is 10.1 Å². The summed E-state index contributed by atoms with van der Waals surface area (Å²) in [5, 5.41) is 16.1. The van der Waals surface area contributed by atoms with Crippen LogP contribution >= 0.6 is 27.3 Å². The van der Waals surface area contributed by atoms with Gasteiger partial charge in [0, 0.05) is 10.9 Å². The average Bonchev–Trinajstić information content (AvgIpc) is 3.45. The second-order valence-electron chi connectivity index (χ2n) is 6.87. The van der Waals surface area contributed by atoms with E-state index >= 15 is 0 Å². The molecule has 4 rings (SSSR count). The Balaban J connectivity index is 1.62. The smallest absolute Gasteiger partial charge is 0.400 e. The van der Waals surface area contributed by atoms with Crippen LogP contribution in [0.3, 0.4) is 0 Å². The molecule has 174 valence electrons. The van der Waals surface area contributed by atoms with Crippen LogP contribution in [0.5, 0.6) is 0 Å². The number of aromatic nitrogens is 1. The summed E-state index contributed by atoms with van der Waals surface area (Å²) in [4.78, 5) is 27.8. The molecule has 0 unspecified atom stereocenters. The highest BCUT2D eigenvalue weighted by molar-refractivity contribution is 9.10. The highest BCUT2D eigenvalue weighted by atomic mass is 79.9. The van der Waals surface area contributed by atoms with Crippen molar-refractivity contribution in [2.45, 2.75) is 11.3 Å². The van der Waals surface area contributed by atoms with Crippen molar-refractivity contribution in [1.82, 2.24) is 4.98 Å². The van der Waals surface area contributed by atoms with E-state index in [2.05, 4.69) is 26.0 Å². The van der Waals surface area contributed by atoms with Gasteiger partial charge in [0.1, 0.15) is 4.92 Å². The SMILES string of the molecule is O=C(CCS(=O)(=O)c1ccccc1)N(/N=C/c1ccc([N+](=O)[O-])o1)c1nc2ccc(Br)cc2s1. The van der Waals surface area contributed by atoms with E-state index in [1.54, 1.807) is 30.3 Å². The van der Waals surface area contributed by atoms with Gasteiger partial charge in [0.05, 0.1) is 33.1 Å². The van der Waals surface area contributed by atoms with Crippen molar-refractivity contribution in [1.29, 1.82) is 0 Å². The summed E-state index contributed by atoms with van der Waals surface area (Å²) in [6.07, 6.45) is 0.783. The van der Waals surface area contributed by atoms with Gasteiger partial charge in [-0.15, -0.1) is 0 Å². The number of hydrogen-bond acceptors (Lipinski definition) is 9. The Labute approximate surface area is 205 Å². The van der Waals surface area contributed by atoms with Crippen molar-refractivity contribution in [3.05, 3.63) is 81.0 Å². The number of rotatable bonds is 8. The molecule has 0 atom stereocenters. The van der Waals surface area contributed by atoms with Crippen LogP contribution in [-0.2, 0) is 14.6 Å². The molecule has 2 heterocycles. The molecular formula is C21H15BrN4O6S2. The van der Waals surface area contributed by atoms with Crippen LogP contribution in [0, 0.1) is 10.1 Å². The Morgan fingerprint density at radius 2 is 1.97 bits per heavy atom. The van der Waals surface area contributed by atoms with Gasteiger partial charge < -0.3 is 4.42 Å². The summed E-state index contributed by atoms with van der Waals surface area (Å²) >= 11 is 4.57. The number of nitrogens with zero attached hydrogens (tertiary/aromatic N) is 4. The van der Waals surface area contributed by atoms with Crippen LogP contribution in [-0.4, -0.2) is 36.2 Å². The molecule has 1 amide bonds. The molecule has 2 aromatic carbocycles. The molecule has 0 spiro atoms. The number of nitro groups is 1. The van der Waals surface area contributed by atoms with E-state index in [1.807, 2.05) is 6.07 Å². The monoisotopic (exact) mass is 562 g/mol. The largest absolute Gasteiger partial charge is 0.433 e. The Morgan fingerprint density at radius 3 is 2.68 bits per heavy atom. The first-order valence-electron chi connectivity index (χ1n) is 9.68. The lowest BCUT2D eigenvalue weighted by Crippen LogP contribution is -2.27. The molecule has 0 N–H and O–H groups in total. The minimum atomic E-state index is -3.69. The third-order valence-corrected chi connectivity index (χ3v) is 7.76. The fraction of sp³-hybridized carbons (Fsp3) is 0.0952. The third-order valence-electron chi connectivity index (χ3n) is 4.54. The number of halogens is 1. The Bertz CT molecular complexity index is 1500. The molecular weight excluding hydrogens is 548 g/mol. The second-order valence-corrected chi connectivity index (χ2v) is 10.9. The van der Waals surface area contributed by atoms with Crippen molar-refractivity contribution in [2.24, 2.45) is 5.10 Å². The summed E-state index contributed by atoms with van der Waals surface area (Å²) in [5.41, 5.74) is 0.627. The Hall–Kier alpha value is -3.42. The average molecular weight is 563 g/mol. The first-order chi connectivity index (χ1) is 16.2. The molecule has 0 aliphatic rings. The summed E-state index contributed by atoms with van der Waals surface area (Å²) in [7, 11) is -3.69. The van der Waals surface area contributed by atoms with Crippen molar-refractivity contribution >= 4 is 70.5 Å². The summed E-state index contributed by atoms with van der Waals surface area (Å²) in [6.45, 7) is 0. The van der Waals surface area contributed by atoms with Crippen molar-refractivity contribution in [3.63, 3.8) is 0 Å². The highest BCUT2D eigenvalue weighted by Crippen LogP contribution is 2.31. The molecule has 13 heteroatoms. The van der Waals surface area contributed by atoms with Crippen LogP contribution in [0.2, 0.25) is 0 Å². The summed E-state index contributed by atoms with van der Waals surface area (Å²) in [6, 6.07) is 15.7. The molecule has 0 saturated heterocycles. The van der Waals surface area contributed by atoms with Crippen LogP contribution in [0.4, 0.5) is 11.0 Å². The van der Waals surface area contributed by atoms with Gasteiger partial charge in [-0.05, 0) is 36.4 Å². The number of anilines is 1. The van der Waals surface area contributed by atoms with Gasteiger partial charge in [-0.3, -0.25) is 14.9 Å². The van der Waals surface area contributed by atoms with E-state index in [4.69, 9.17) is 4.42 Å². The first-order valence-corrected chi connectivity index (χ1v) is 12.9. The maximum atomic E-state index is 13.1.